The van der Waals surface area contributed by atoms with Crippen LogP contribution in [-0.2, 0) is 23.9 Å². The number of aliphatic carboxylic acids is 1. The molecule has 0 bridgehead atoms. The topological polar surface area (TPSA) is 89.9 Å². The van der Waals surface area contributed by atoms with E-state index in [4.69, 9.17) is 14.6 Å². The molecule has 0 fully saturated rings. The SMILES string of the molecule is CCCCC(=O)OCC(CCC(=O)O)OC(=O)CCCC. The van der Waals surface area contributed by atoms with Crippen LogP contribution in [0.1, 0.15) is 65.2 Å². The van der Waals surface area contributed by atoms with Crippen molar-refractivity contribution in [2.75, 3.05) is 6.61 Å². The number of carboxylic acids is 1. The maximum absolute atomic E-state index is 11.6. The van der Waals surface area contributed by atoms with Crippen molar-refractivity contribution in [3.63, 3.8) is 0 Å². The maximum atomic E-state index is 11.6. The van der Waals surface area contributed by atoms with Crippen LogP contribution in [0.3, 0.4) is 0 Å². The van der Waals surface area contributed by atoms with Gasteiger partial charge in [-0.15, -0.1) is 0 Å². The summed E-state index contributed by atoms with van der Waals surface area (Å²) < 4.78 is 10.2. The molecule has 0 aliphatic rings. The Hall–Kier alpha value is -1.59. The van der Waals surface area contributed by atoms with Gasteiger partial charge in [0.15, 0.2) is 0 Å². The van der Waals surface area contributed by atoms with Crippen LogP contribution < -0.4 is 0 Å². The smallest absolute Gasteiger partial charge is 0.306 e. The molecule has 6 nitrogen and oxygen atoms in total. The van der Waals surface area contributed by atoms with Crippen LogP contribution in [0.25, 0.3) is 0 Å². The van der Waals surface area contributed by atoms with Gasteiger partial charge in [-0.25, -0.2) is 0 Å². The van der Waals surface area contributed by atoms with Gasteiger partial charge in [-0.05, 0) is 19.3 Å². The molecule has 0 aliphatic carbocycles. The highest BCUT2D eigenvalue weighted by Crippen LogP contribution is 2.08. The monoisotopic (exact) mass is 302 g/mol. The molecule has 0 saturated heterocycles. The van der Waals surface area contributed by atoms with E-state index in [0.29, 0.717) is 12.8 Å². The predicted molar refractivity (Wildman–Crippen MR) is 76.8 cm³/mol. The number of carbonyl (C=O) groups excluding carboxylic acids is 2. The molecule has 0 spiro atoms. The second-order valence-electron chi connectivity index (χ2n) is 4.93. The summed E-state index contributed by atoms with van der Waals surface area (Å²) in [5, 5.41) is 8.68. The highest BCUT2D eigenvalue weighted by molar-refractivity contribution is 5.70. The molecule has 0 aromatic rings. The van der Waals surface area contributed by atoms with Gasteiger partial charge in [0.2, 0.25) is 0 Å². The Morgan fingerprint density at radius 2 is 1.52 bits per heavy atom. The van der Waals surface area contributed by atoms with E-state index in [0.717, 1.165) is 25.7 Å². The van der Waals surface area contributed by atoms with E-state index in [1.54, 1.807) is 0 Å². The molecule has 122 valence electrons. The van der Waals surface area contributed by atoms with Gasteiger partial charge in [-0.2, -0.15) is 0 Å². The predicted octanol–water partition coefficient (Wildman–Crippen LogP) is 2.69. The Labute approximate surface area is 125 Å². The number of hydrogen-bond acceptors (Lipinski definition) is 5. The summed E-state index contributed by atoms with van der Waals surface area (Å²) in [7, 11) is 0. The van der Waals surface area contributed by atoms with Crippen molar-refractivity contribution >= 4 is 17.9 Å². The van der Waals surface area contributed by atoms with Gasteiger partial charge in [0, 0.05) is 19.3 Å². The lowest BCUT2D eigenvalue weighted by atomic mass is 10.2. The van der Waals surface area contributed by atoms with Gasteiger partial charge in [0.1, 0.15) is 12.7 Å². The minimum Gasteiger partial charge on any atom is -0.481 e. The number of rotatable bonds is 12. The lowest BCUT2D eigenvalue weighted by Crippen LogP contribution is -2.26. The van der Waals surface area contributed by atoms with E-state index in [-0.39, 0.29) is 31.4 Å². The Bertz CT molecular complexity index is 326. The van der Waals surface area contributed by atoms with Crippen molar-refractivity contribution in [1.82, 2.24) is 0 Å². The highest BCUT2D eigenvalue weighted by Gasteiger charge is 2.18. The minimum absolute atomic E-state index is 0.0757. The first-order valence-electron chi connectivity index (χ1n) is 7.56. The van der Waals surface area contributed by atoms with Crippen molar-refractivity contribution in [3.05, 3.63) is 0 Å². The molecule has 0 amide bonds. The van der Waals surface area contributed by atoms with E-state index >= 15 is 0 Å². The molecule has 0 aromatic carbocycles. The molecule has 1 unspecified atom stereocenters. The van der Waals surface area contributed by atoms with E-state index in [1.165, 1.54) is 0 Å². The van der Waals surface area contributed by atoms with E-state index in [1.807, 2.05) is 13.8 Å². The van der Waals surface area contributed by atoms with Crippen LogP contribution in [-0.4, -0.2) is 35.7 Å². The Morgan fingerprint density at radius 3 is 2.05 bits per heavy atom. The lowest BCUT2D eigenvalue weighted by Gasteiger charge is -2.17. The summed E-state index contributed by atoms with van der Waals surface area (Å²) >= 11 is 0. The fourth-order valence-electron chi connectivity index (χ4n) is 1.61. The molecule has 0 rings (SSSR count). The number of carbonyl (C=O) groups is 3. The summed E-state index contributed by atoms with van der Waals surface area (Å²) in [5.74, 6) is -1.69. The number of ether oxygens (including phenoxy) is 2. The largest absolute Gasteiger partial charge is 0.481 e. The van der Waals surface area contributed by atoms with Gasteiger partial charge in [-0.3, -0.25) is 14.4 Å². The zero-order valence-electron chi connectivity index (χ0n) is 12.9. The third-order valence-electron chi connectivity index (χ3n) is 2.88. The molecular formula is C15H26O6. The van der Waals surface area contributed by atoms with Crippen LogP contribution in [0.4, 0.5) is 0 Å². The number of esters is 2. The van der Waals surface area contributed by atoms with Crippen LogP contribution in [0.15, 0.2) is 0 Å². The normalized spacial score (nSPS) is 11.7. The van der Waals surface area contributed by atoms with E-state index < -0.39 is 12.1 Å². The van der Waals surface area contributed by atoms with Crippen molar-refractivity contribution in [3.8, 4) is 0 Å². The third kappa shape index (κ3) is 11.9. The standard InChI is InChI=1S/C15H26O6/c1-3-5-7-14(18)20-11-12(9-10-13(16)17)21-15(19)8-6-4-2/h12H,3-11H2,1-2H3,(H,16,17). The van der Waals surface area contributed by atoms with Crippen molar-refractivity contribution < 1.29 is 29.0 Å². The zero-order chi connectivity index (χ0) is 16.1. The van der Waals surface area contributed by atoms with E-state index in [2.05, 4.69) is 0 Å². The number of unbranched alkanes of at least 4 members (excludes halogenated alkanes) is 2. The summed E-state index contributed by atoms with van der Waals surface area (Å²) in [4.78, 5) is 33.6. The van der Waals surface area contributed by atoms with Crippen LogP contribution in [0.2, 0.25) is 0 Å². The van der Waals surface area contributed by atoms with Crippen molar-refractivity contribution in [1.29, 1.82) is 0 Å². The Balaban J connectivity index is 4.21. The summed E-state index contributed by atoms with van der Waals surface area (Å²) in [6.45, 7) is 3.86. The Morgan fingerprint density at radius 1 is 0.952 bits per heavy atom. The Kier molecular flexibility index (Phi) is 11.3. The fourth-order valence-corrected chi connectivity index (χ4v) is 1.61. The fraction of sp³-hybridized carbons (Fsp3) is 0.800. The van der Waals surface area contributed by atoms with Crippen LogP contribution in [0.5, 0.6) is 0 Å². The van der Waals surface area contributed by atoms with Crippen molar-refractivity contribution in [2.45, 2.75) is 71.3 Å². The van der Waals surface area contributed by atoms with Gasteiger partial charge >= 0.3 is 17.9 Å². The van der Waals surface area contributed by atoms with Crippen LogP contribution in [0, 0.1) is 0 Å². The van der Waals surface area contributed by atoms with Gasteiger partial charge in [0.05, 0.1) is 0 Å². The number of carboxylic acid groups (broad SMARTS) is 1. The minimum atomic E-state index is -0.970. The van der Waals surface area contributed by atoms with Gasteiger partial charge < -0.3 is 14.6 Å². The lowest BCUT2D eigenvalue weighted by molar-refractivity contribution is -0.160. The molecule has 1 atom stereocenters. The molecule has 0 heterocycles. The quantitative estimate of drug-likeness (QED) is 0.557. The molecule has 0 saturated carbocycles. The molecule has 1 N–H and O–H groups in total. The summed E-state index contributed by atoms with van der Waals surface area (Å²) in [6, 6.07) is 0. The van der Waals surface area contributed by atoms with Gasteiger partial charge in [-0.1, -0.05) is 26.7 Å². The first kappa shape index (κ1) is 19.4. The highest BCUT2D eigenvalue weighted by atomic mass is 16.6. The number of hydrogen-bond donors (Lipinski definition) is 1. The molecule has 0 aliphatic heterocycles. The third-order valence-corrected chi connectivity index (χ3v) is 2.88. The molecular weight excluding hydrogens is 276 g/mol. The second kappa shape index (κ2) is 12.2. The molecule has 0 aromatic heterocycles. The second-order valence-corrected chi connectivity index (χ2v) is 4.93. The first-order chi connectivity index (χ1) is 9.99. The molecule has 21 heavy (non-hydrogen) atoms. The molecule has 6 heteroatoms. The summed E-state index contributed by atoms with van der Waals surface area (Å²) in [6.07, 6.45) is 3.19. The first-order valence-corrected chi connectivity index (χ1v) is 7.56. The summed E-state index contributed by atoms with van der Waals surface area (Å²) in [5.41, 5.74) is 0. The zero-order valence-corrected chi connectivity index (χ0v) is 12.9. The average molecular weight is 302 g/mol. The average Bonchev–Trinajstić information content (AvgIpc) is 2.45. The molecule has 0 radical (unpaired) electrons. The van der Waals surface area contributed by atoms with Gasteiger partial charge in [0.25, 0.3) is 0 Å². The van der Waals surface area contributed by atoms with Crippen LogP contribution >= 0.6 is 0 Å². The van der Waals surface area contributed by atoms with Crippen molar-refractivity contribution in [2.24, 2.45) is 0 Å². The van der Waals surface area contributed by atoms with E-state index in [9.17, 15) is 14.4 Å². The maximum Gasteiger partial charge on any atom is 0.306 e.